The quantitative estimate of drug-likeness (QED) is 0.281. The SMILES string of the molecule is CSc1ccc(C(=O)COC(=O)c2ccc(NS(=O)(=O)c3ccc4c(c3)OCCO4)cc2)cc1. The van der Waals surface area contributed by atoms with Gasteiger partial charge < -0.3 is 14.2 Å². The summed E-state index contributed by atoms with van der Waals surface area (Å²) in [5, 5.41) is 0. The van der Waals surface area contributed by atoms with E-state index in [0.29, 0.717) is 30.3 Å². The summed E-state index contributed by atoms with van der Waals surface area (Å²) in [7, 11) is -3.89. The maximum absolute atomic E-state index is 12.7. The van der Waals surface area contributed by atoms with Crippen molar-refractivity contribution in [2.24, 2.45) is 0 Å². The molecular weight excluding hydrogens is 478 g/mol. The Labute approximate surface area is 201 Å². The van der Waals surface area contributed by atoms with E-state index in [9.17, 15) is 18.0 Å². The number of carbonyl (C=O) groups is 2. The van der Waals surface area contributed by atoms with E-state index in [4.69, 9.17) is 14.2 Å². The van der Waals surface area contributed by atoms with Gasteiger partial charge in [-0.25, -0.2) is 13.2 Å². The van der Waals surface area contributed by atoms with E-state index >= 15 is 0 Å². The summed E-state index contributed by atoms with van der Waals surface area (Å²) < 4.78 is 43.8. The van der Waals surface area contributed by atoms with Crippen molar-refractivity contribution in [2.45, 2.75) is 9.79 Å². The van der Waals surface area contributed by atoms with Crippen molar-refractivity contribution in [1.82, 2.24) is 0 Å². The number of Topliss-reactive ketones (excluding diaryl/α,β-unsaturated/α-hetero) is 1. The summed E-state index contributed by atoms with van der Waals surface area (Å²) in [6, 6.07) is 17.1. The molecule has 176 valence electrons. The Morgan fingerprint density at radius 3 is 2.24 bits per heavy atom. The van der Waals surface area contributed by atoms with Crippen LogP contribution in [-0.2, 0) is 14.8 Å². The molecule has 0 aromatic heterocycles. The molecule has 4 rings (SSSR count). The zero-order chi connectivity index (χ0) is 24.1. The van der Waals surface area contributed by atoms with Crippen molar-refractivity contribution in [1.29, 1.82) is 0 Å². The average molecular weight is 500 g/mol. The number of hydrogen-bond donors (Lipinski definition) is 1. The highest BCUT2D eigenvalue weighted by Gasteiger charge is 2.20. The van der Waals surface area contributed by atoms with E-state index in [1.54, 1.807) is 30.0 Å². The van der Waals surface area contributed by atoms with Crippen LogP contribution in [0.5, 0.6) is 11.5 Å². The third-order valence-corrected chi connectivity index (χ3v) is 7.07. The lowest BCUT2D eigenvalue weighted by molar-refractivity contribution is 0.0475. The fourth-order valence-corrected chi connectivity index (χ4v) is 4.64. The summed E-state index contributed by atoms with van der Waals surface area (Å²) in [6.07, 6.45) is 1.94. The molecule has 0 amide bonds. The summed E-state index contributed by atoms with van der Waals surface area (Å²) in [4.78, 5) is 25.6. The van der Waals surface area contributed by atoms with Crippen LogP contribution in [0.15, 0.2) is 76.5 Å². The van der Waals surface area contributed by atoms with Gasteiger partial charge in [-0.3, -0.25) is 9.52 Å². The highest BCUT2D eigenvalue weighted by molar-refractivity contribution is 7.98. The number of hydrogen-bond acceptors (Lipinski definition) is 8. The van der Waals surface area contributed by atoms with Crippen LogP contribution in [0.25, 0.3) is 0 Å². The van der Waals surface area contributed by atoms with Gasteiger partial charge in [0.1, 0.15) is 13.2 Å². The van der Waals surface area contributed by atoms with Crippen molar-refractivity contribution >= 4 is 39.2 Å². The van der Waals surface area contributed by atoms with Gasteiger partial charge in [0.25, 0.3) is 10.0 Å². The molecule has 1 heterocycles. The van der Waals surface area contributed by atoms with Crippen LogP contribution in [0.2, 0.25) is 0 Å². The number of thioether (sulfide) groups is 1. The summed E-state index contributed by atoms with van der Waals surface area (Å²) in [6.45, 7) is 0.360. The van der Waals surface area contributed by atoms with Gasteiger partial charge >= 0.3 is 5.97 Å². The van der Waals surface area contributed by atoms with Gasteiger partial charge in [-0.05, 0) is 54.8 Å². The van der Waals surface area contributed by atoms with Crippen LogP contribution in [-0.4, -0.2) is 46.2 Å². The van der Waals surface area contributed by atoms with Crippen LogP contribution in [0.1, 0.15) is 20.7 Å². The number of esters is 1. The molecule has 10 heteroatoms. The van der Waals surface area contributed by atoms with E-state index in [1.165, 1.54) is 36.4 Å². The standard InChI is InChI=1S/C24H21NO7S2/c1-33-19-8-4-16(5-9-19)21(26)15-32-24(27)17-2-6-18(7-3-17)25-34(28,29)20-10-11-22-23(14-20)31-13-12-30-22/h2-11,14,25H,12-13,15H2,1H3. The first-order valence-corrected chi connectivity index (χ1v) is 12.9. The van der Waals surface area contributed by atoms with Gasteiger partial charge in [-0.2, -0.15) is 0 Å². The Balaban J connectivity index is 1.36. The van der Waals surface area contributed by atoms with Crippen molar-refractivity contribution in [2.75, 3.05) is 30.8 Å². The Kier molecular flexibility index (Phi) is 7.09. The van der Waals surface area contributed by atoms with Crippen molar-refractivity contribution < 1.29 is 32.2 Å². The molecule has 3 aromatic rings. The molecule has 1 N–H and O–H groups in total. The molecule has 1 aliphatic heterocycles. The molecule has 0 fully saturated rings. The van der Waals surface area contributed by atoms with Crippen molar-refractivity contribution in [3.63, 3.8) is 0 Å². The van der Waals surface area contributed by atoms with Crippen LogP contribution in [0, 0.1) is 0 Å². The first kappa shape index (κ1) is 23.7. The van der Waals surface area contributed by atoms with Gasteiger partial charge in [-0.1, -0.05) is 12.1 Å². The second kappa shape index (κ2) is 10.2. The summed E-state index contributed by atoms with van der Waals surface area (Å²) >= 11 is 1.56. The van der Waals surface area contributed by atoms with Gasteiger partial charge in [0.05, 0.1) is 10.5 Å². The average Bonchev–Trinajstić information content (AvgIpc) is 2.87. The van der Waals surface area contributed by atoms with E-state index in [0.717, 1.165) is 4.90 Å². The number of nitrogens with one attached hydrogen (secondary N) is 1. The van der Waals surface area contributed by atoms with Crippen LogP contribution in [0.4, 0.5) is 5.69 Å². The third kappa shape index (κ3) is 5.52. The van der Waals surface area contributed by atoms with Crippen LogP contribution in [0.3, 0.4) is 0 Å². The van der Waals surface area contributed by atoms with Gasteiger partial charge in [0.2, 0.25) is 0 Å². The normalized spacial score (nSPS) is 12.6. The highest BCUT2D eigenvalue weighted by Crippen LogP contribution is 2.32. The van der Waals surface area contributed by atoms with E-state index in [-0.39, 0.29) is 21.9 Å². The maximum Gasteiger partial charge on any atom is 0.338 e. The molecule has 34 heavy (non-hydrogen) atoms. The van der Waals surface area contributed by atoms with Crippen molar-refractivity contribution in [3.05, 3.63) is 77.9 Å². The highest BCUT2D eigenvalue weighted by atomic mass is 32.2. The number of ketones is 1. The zero-order valence-corrected chi connectivity index (χ0v) is 19.8. The Bertz CT molecular complexity index is 1300. The molecule has 0 unspecified atom stereocenters. The number of fused-ring (bicyclic) bond motifs is 1. The van der Waals surface area contributed by atoms with Gasteiger partial charge in [0.15, 0.2) is 23.9 Å². The first-order valence-electron chi connectivity index (χ1n) is 10.2. The minimum absolute atomic E-state index is 0.0179. The lowest BCUT2D eigenvalue weighted by atomic mass is 10.1. The second-order valence-corrected chi connectivity index (χ2v) is 9.78. The van der Waals surface area contributed by atoms with Gasteiger partial charge in [-0.15, -0.1) is 11.8 Å². The Hall–Kier alpha value is -3.50. The van der Waals surface area contributed by atoms with Crippen molar-refractivity contribution in [3.8, 4) is 11.5 Å². The first-order chi connectivity index (χ1) is 16.4. The Morgan fingerprint density at radius 2 is 1.56 bits per heavy atom. The second-order valence-electron chi connectivity index (χ2n) is 7.22. The molecule has 0 atom stereocenters. The molecule has 0 saturated carbocycles. The van der Waals surface area contributed by atoms with Gasteiger partial charge in [0, 0.05) is 22.2 Å². The molecule has 0 spiro atoms. The number of sulfonamides is 1. The molecule has 0 saturated heterocycles. The molecule has 0 bridgehead atoms. The molecule has 1 aliphatic rings. The molecule has 0 aliphatic carbocycles. The number of rotatable bonds is 8. The summed E-state index contributed by atoms with van der Waals surface area (Å²) in [5.74, 6) is -0.148. The minimum Gasteiger partial charge on any atom is -0.486 e. The van der Waals surface area contributed by atoms with Crippen LogP contribution >= 0.6 is 11.8 Å². The van der Waals surface area contributed by atoms with Crippen LogP contribution < -0.4 is 14.2 Å². The molecule has 8 nitrogen and oxygen atoms in total. The number of ether oxygens (including phenoxy) is 3. The fraction of sp³-hybridized carbons (Fsp3) is 0.167. The smallest absolute Gasteiger partial charge is 0.338 e. The monoisotopic (exact) mass is 499 g/mol. The largest absolute Gasteiger partial charge is 0.486 e. The lowest BCUT2D eigenvalue weighted by Gasteiger charge is -2.19. The Morgan fingerprint density at radius 1 is 0.912 bits per heavy atom. The summed E-state index contributed by atoms with van der Waals surface area (Å²) in [5.41, 5.74) is 0.902. The molecular formula is C24H21NO7S2. The zero-order valence-electron chi connectivity index (χ0n) is 18.1. The van der Waals surface area contributed by atoms with E-state index < -0.39 is 22.6 Å². The van der Waals surface area contributed by atoms with E-state index in [1.807, 2.05) is 18.4 Å². The number of benzene rings is 3. The lowest BCUT2D eigenvalue weighted by Crippen LogP contribution is -2.17. The third-order valence-electron chi connectivity index (χ3n) is 4.94. The predicted molar refractivity (Wildman–Crippen MR) is 128 cm³/mol. The van der Waals surface area contributed by atoms with E-state index in [2.05, 4.69) is 4.72 Å². The fourth-order valence-electron chi connectivity index (χ4n) is 3.15. The molecule has 0 radical (unpaired) electrons. The topological polar surface area (TPSA) is 108 Å². The maximum atomic E-state index is 12.7. The minimum atomic E-state index is -3.89. The molecule has 3 aromatic carbocycles. The number of carbonyl (C=O) groups excluding carboxylic acids is 2. The number of anilines is 1. The predicted octanol–water partition coefficient (Wildman–Crippen LogP) is 4.02.